The second-order valence-corrected chi connectivity index (χ2v) is 6.37. The minimum atomic E-state index is -4.40. The van der Waals surface area contributed by atoms with Crippen LogP contribution < -0.4 is 4.74 Å². The molecule has 1 aromatic heterocycles. The number of Topliss-reactive ketones (excluding diaryl/α,β-unsaturated/α-hetero) is 1. The highest BCUT2D eigenvalue weighted by atomic mass is 19.4. The molecule has 0 radical (unpaired) electrons. The van der Waals surface area contributed by atoms with Crippen molar-refractivity contribution in [2.75, 3.05) is 13.7 Å². The van der Waals surface area contributed by atoms with E-state index in [0.717, 1.165) is 25.7 Å². The van der Waals surface area contributed by atoms with Gasteiger partial charge in [0.25, 0.3) is 0 Å². The number of aromatic nitrogens is 1. The fraction of sp³-hybridized carbons (Fsp3) is 0.625. The number of pyridine rings is 1. The normalized spacial score (nSPS) is 27.9. The maximum atomic E-state index is 12.6. The Balaban J connectivity index is 1.62. The van der Waals surface area contributed by atoms with Gasteiger partial charge in [0.15, 0.2) is 12.4 Å². The molecule has 2 aliphatic heterocycles. The van der Waals surface area contributed by atoms with Crippen molar-refractivity contribution in [2.24, 2.45) is 5.92 Å². The number of piperidine rings is 1. The number of ketones is 1. The smallest absolute Gasteiger partial charge is 0.422 e. The molecule has 3 heterocycles. The average Bonchev–Trinajstić information content (AvgIpc) is 2.74. The van der Waals surface area contributed by atoms with Gasteiger partial charge < -0.3 is 9.64 Å². The molecular weight excluding hydrogens is 309 g/mol. The third-order valence-electron chi connectivity index (χ3n) is 4.87. The topological polar surface area (TPSA) is 42.4 Å². The van der Waals surface area contributed by atoms with Gasteiger partial charge in [0.1, 0.15) is 0 Å². The number of ether oxygens (including phenoxy) is 1. The zero-order valence-electron chi connectivity index (χ0n) is 12.8. The molecule has 0 saturated carbocycles. The van der Waals surface area contributed by atoms with E-state index in [9.17, 15) is 18.0 Å². The Morgan fingerprint density at radius 3 is 2.48 bits per heavy atom. The first-order valence-electron chi connectivity index (χ1n) is 7.75. The Labute approximate surface area is 132 Å². The van der Waals surface area contributed by atoms with Crippen molar-refractivity contribution in [1.29, 1.82) is 0 Å². The molecule has 0 aromatic carbocycles. The van der Waals surface area contributed by atoms with E-state index >= 15 is 0 Å². The summed E-state index contributed by atoms with van der Waals surface area (Å²) in [6.45, 7) is -1.38. The highest BCUT2D eigenvalue weighted by molar-refractivity contribution is 5.97. The second kappa shape index (κ2) is 6.11. The van der Waals surface area contributed by atoms with Gasteiger partial charge in [-0.15, -0.1) is 0 Å². The van der Waals surface area contributed by atoms with Gasteiger partial charge in [-0.3, -0.25) is 4.79 Å². The van der Waals surface area contributed by atoms with E-state index in [2.05, 4.69) is 21.7 Å². The lowest BCUT2D eigenvalue weighted by atomic mass is 9.85. The Morgan fingerprint density at radius 2 is 1.96 bits per heavy atom. The van der Waals surface area contributed by atoms with Crippen LogP contribution in [0.4, 0.5) is 13.2 Å². The third kappa shape index (κ3) is 3.65. The van der Waals surface area contributed by atoms with Gasteiger partial charge in [-0.05, 0) is 38.8 Å². The molecule has 2 unspecified atom stereocenters. The number of carbonyl (C=O) groups is 1. The van der Waals surface area contributed by atoms with E-state index in [1.54, 1.807) is 0 Å². The van der Waals surface area contributed by atoms with E-state index in [0.29, 0.717) is 17.6 Å². The minimum absolute atomic E-state index is 0.0209. The summed E-state index contributed by atoms with van der Waals surface area (Å²) in [5.74, 6) is -0.111. The van der Waals surface area contributed by atoms with E-state index in [4.69, 9.17) is 0 Å². The van der Waals surface area contributed by atoms with Crippen LogP contribution in [0.5, 0.6) is 5.88 Å². The molecule has 4 nitrogen and oxygen atoms in total. The molecule has 1 aromatic rings. The number of rotatable bonds is 4. The number of alkyl halides is 3. The van der Waals surface area contributed by atoms with Crippen LogP contribution in [-0.2, 0) is 0 Å². The third-order valence-corrected chi connectivity index (χ3v) is 4.87. The molecule has 2 atom stereocenters. The Hall–Kier alpha value is -1.63. The van der Waals surface area contributed by atoms with E-state index in [-0.39, 0.29) is 17.6 Å². The van der Waals surface area contributed by atoms with Crippen LogP contribution in [0.3, 0.4) is 0 Å². The Morgan fingerprint density at radius 1 is 1.30 bits per heavy atom. The number of carbonyl (C=O) groups excluding carboxylic acids is 1. The molecule has 2 bridgehead atoms. The van der Waals surface area contributed by atoms with Gasteiger partial charge in [0.05, 0.1) is 0 Å². The maximum absolute atomic E-state index is 12.6. The first-order valence-corrected chi connectivity index (χ1v) is 7.75. The highest BCUT2D eigenvalue weighted by Gasteiger charge is 2.41. The zero-order chi connectivity index (χ0) is 16.6. The highest BCUT2D eigenvalue weighted by Crippen LogP contribution is 2.38. The van der Waals surface area contributed by atoms with E-state index in [1.165, 1.54) is 18.3 Å². The molecular formula is C16H19F3N2O2. The lowest BCUT2D eigenvalue weighted by Gasteiger charge is -2.35. The van der Waals surface area contributed by atoms with E-state index < -0.39 is 12.8 Å². The summed E-state index contributed by atoms with van der Waals surface area (Å²) in [6.07, 6.45) is 0.870. The molecule has 7 heteroatoms. The molecule has 2 saturated heterocycles. The van der Waals surface area contributed by atoms with Crippen molar-refractivity contribution >= 4 is 5.78 Å². The summed E-state index contributed by atoms with van der Waals surface area (Å²) in [7, 11) is 2.11. The van der Waals surface area contributed by atoms with Crippen LogP contribution in [0.25, 0.3) is 0 Å². The van der Waals surface area contributed by atoms with Crippen LogP contribution in [0, 0.1) is 5.92 Å². The number of hydrogen-bond acceptors (Lipinski definition) is 4. The lowest BCUT2D eigenvalue weighted by molar-refractivity contribution is -0.154. The van der Waals surface area contributed by atoms with Crippen LogP contribution >= 0.6 is 0 Å². The first-order chi connectivity index (χ1) is 10.8. The SMILES string of the molecule is CN1C2CCC1CC(C(=O)c1ccc(OCC(F)(F)F)nc1)C2. The molecule has 0 aliphatic carbocycles. The molecule has 23 heavy (non-hydrogen) atoms. The van der Waals surface area contributed by atoms with E-state index in [1.807, 2.05) is 0 Å². The summed E-state index contributed by atoms with van der Waals surface area (Å²) in [5, 5.41) is 0. The monoisotopic (exact) mass is 328 g/mol. The van der Waals surface area contributed by atoms with Gasteiger partial charge in [0.2, 0.25) is 5.88 Å². The van der Waals surface area contributed by atoms with Gasteiger partial charge >= 0.3 is 6.18 Å². The molecule has 126 valence electrons. The van der Waals surface area contributed by atoms with Crippen molar-refractivity contribution in [3.05, 3.63) is 23.9 Å². The number of fused-ring (bicyclic) bond motifs is 2. The van der Waals surface area contributed by atoms with Crippen LogP contribution in [0.2, 0.25) is 0 Å². The van der Waals surface area contributed by atoms with Gasteiger partial charge in [-0.1, -0.05) is 0 Å². The summed E-state index contributed by atoms with van der Waals surface area (Å²) >= 11 is 0. The van der Waals surface area contributed by atoms with Crippen molar-refractivity contribution < 1.29 is 22.7 Å². The standard InChI is InChI=1S/C16H19F3N2O2/c1-21-12-3-4-13(21)7-11(6-12)15(22)10-2-5-14(20-8-10)23-9-16(17,18)19/h2,5,8,11-13H,3-4,6-7,9H2,1H3. The first kappa shape index (κ1) is 16.2. The fourth-order valence-electron chi connectivity index (χ4n) is 3.63. The molecule has 2 fully saturated rings. The van der Waals surface area contributed by atoms with Crippen LogP contribution in [0.15, 0.2) is 18.3 Å². The average molecular weight is 328 g/mol. The lowest BCUT2D eigenvalue weighted by Crippen LogP contribution is -2.42. The maximum Gasteiger partial charge on any atom is 0.422 e. The van der Waals surface area contributed by atoms with Crippen molar-refractivity contribution in [3.8, 4) is 5.88 Å². The summed E-state index contributed by atoms with van der Waals surface area (Å²) in [6, 6.07) is 3.75. The Kier molecular flexibility index (Phi) is 4.31. The summed E-state index contributed by atoms with van der Waals surface area (Å²) < 4.78 is 40.8. The Bertz CT molecular complexity index is 560. The van der Waals surface area contributed by atoms with Gasteiger partial charge in [0, 0.05) is 35.8 Å². The predicted octanol–water partition coefficient (Wildman–Crippen LogP) is 3.08. The summed E-state index contributed by atoms with van der Waals surface area (Å²) in [5.41, 5.74) is 0.443. The number of hydrogen-bond donors (Lipinski definition) is 0. The van der Waals surface area contributed by atoms with Gasteiger partial charge in [-0.25, -0.2) is 4.98 Å². The largest absolute Gasteiger partial charge is 0.468 e. The molecule has 0 N–H and O–H groups in total. The quantitative estimate of drug-likeness (QED) is 0.797. The van der Waals surface area contributed by atoms with Crippen LogP contribution in [0.1, 0.15) is 36.0 Å². The molecule has 3 rings (SSSR count). The zero-order valence-corrected chi connectivity index (χ0v) is 12.8. The molecule has 2 aliphatic rings. The number of nitrogens with zero attached hydrogens (tertiary/aromatic N) is 2. The van der Waals surface area contributed by atoms with Crippen molar-refractivity contribution in [2.45, 2.75) is 43.9 Å². The predicted molar refractivity (Wildman–Crippen MR) is 77.4 cm³/mol. The molecule has 0 amide bonds. The van der Waals surface area contributed by atoms with Crippen LogP contribution in [-0.4, -0.2) is 47.6 Å². The minimum Gasteiger partial charge on any atom is -0.468 e. The molecule has 0 spiro atoms. The second-order valence-electron chi connectivity index (χ2n) is 6.37. The van der Waals surface area contributed by atoms with Crippen molar-refractivity contribution in [1.82, 2.24) is 9.88 Å². The van der Waals surface area contributed by atoms with Crippen molar-refractivity contribution in [3.63, 3.8) is 0 Å². The van der Waals surface area contributed by atoms with Gasteiger partial charge in [-0.2, -0.15) is 13.2 Å². The summed E-state index contributed by atoms with van der Waals surface area (Å²) in [4.78, 5) is 18.7. The fourth-order valence-corrected chi connectivity index (χ4v) is 3.63. The number of halogens is 3.